The van der Waals surface area contributed by atoms with Gasteiger partial charge in [-0.3, -0.25) is 0 Å². The minimum Gasteiger partial charge on any atom is -0.478 e. The maximum absolute atomic E-state index is 11.1. The van der Waals surface area contributed by atoms with Gasteiger partial charge in [-0.1, -0.05) is 56.3 Å². The van der Waals surface area contributed by atoms with Crippen molar-refractivity contribution in [2.24, 2.45) is 5.92 Å². The molecule has 0 saturated heterocycles. The minimum absolute atomic E-state index is 0.204. The highest BCUT2D eigenvalue weighted by molar-refractivity contribution is 5.87. The van der Waals surface area contributed by atoms with Gasteiger partial charge >= 0.3 is 5.97 Å². The van der Waals surface area contributed by atoms with E-state index in [1.54, 1.807) is 12.1 Å². The fourth-order valence-electron chi connectivity index (χ4n) is 4.29. The van der Waals surface area contributed by atoms with Crippen LogP contribution < -0.4 is 5.32 Å². The van der Waals surface area contributed by atoms with Gasteiger partial charge < -0.3 is 10.4 Å². The SMILES string of the molecule is CC(C)c1cccc2c1N[C@H](c1ccc(C(=O)O)cc1)[C@@H]1CC=C[C@H]21. The predicted octanol–water partition coefficient (Wildman–Crippen LogP) is 5.33. The molecule has 2 aliphatic rings. The molecule has 3 nitrogen and oxygen atoms in total. The molecular weight excluding hydrogens is 310 g/mol. The summed E-state index contributed by atoms with van der Waals surface area (Å²) in [6.45, 7) is 4.45. The van der Waals surface area contributed by atoms with E-state index >= 15 is 0 Å². The quantitative estimate of drug-likeness (QED) is 0.746. The number of aromatic carboxylic acids is 1. The van der Waals surface area contributed by atoms with Gasteiger partial charge in [0.1, 0.15) is 0 Å². The molecule has 1 aliphatic carbocycles. The molecule has 1 heterocycles. The first-order chi connectivity index (χ1) is 12.1. The smallest absolute Gasteiger partial charge is 0.335 e. The maximum atomic E-state index is 11.1. The van der Waals surface area contributed by atoms with Crippen LogP contribution in [0, 0.1) is 5.92 Å². The van der Waals surface area contributed by atoms with E-state index in [1.807, 2.05) is 12.1 Å². The summed E-state index contributed by atoms with van der Waals surface area (Å²) < 4.78 is 0. The molecule has 0 bridgehead atoms. The molecule has 2 aromatic carbocycles. The zero-order valence-corrected chi connectivity index (χ0v) is 14.6. The Balaban J connectivity index is 1.77. The minimum atomic E-state index is -0.879. The average Bonchev–Trinajstić information content (AvgIpc) is 3.10. The van der Waals surface area contributed by atoms with Crippen molar-refractivity contribution >= 4 is 11.7 Å². The third-order valence-electron chi connectivity index (χ3n) is 5.57. The highest BCUT2D eigenvalue weighted by Gasteiger charge is 2.38. The molecule has 0 unspecified atom stereocenters. The fraction of sp³-hybridized carbons (Fsp3) is 0.318. The summed E-state index contributed by atoms with van der Waals surface area (Å²) in [6.07, 6.45) is 5.67. The standard InChI is InChI=1S/C22H23NO2/c1-13(2)16-5-3-8-19-17-6-4-7-18(17)20(23-21(16)19)14-9-11-15(12-10-14)22(24)25/h3-6,8-13,17-18,20,23H,7H2,1-2H3,(H,24,25)/t17-,18+,20+/m0/s1. The van der Waals surface area contributed by atoms with Gasteiger partial charge in [0.2, 0.25) is 0 Å². The van der Waals surface area contributed by atoms with Crippen molar-refractivity contribution in [2.75, 3.05) is 5.32 Å². The van der Waals surface area contributed by atoms with Crippen LogP contribution >= 0.6 is 0 Å². The van der Waals surface area contributed by atoms with Crippen molar-refractivity contribution in [3.05, 3.63) is 76.9 Å². The lowest BCUT2D eigenvalue weighted by atomic mass is 9.75. The topological polar surface area (TPSA) is 49.3 Å². The Bertz CT molecular complexity index is 836. The fourth-order valence-corrected chi connectivity index (χ4v) is 4.29. The summed E-state index contributed by atoms with van der Waals surface area (Å²) >= 11 is 0. The molecule has 25 heavy (non-hydrogen) atoms. The molecule has 0 radical (unpaired) electrons. The number of carbonyl (C=O) groups is 1. The third-order valence-corrected chi connectivity index (χ3v) is 5.57. The van der Waals surface area contributed by atoms with Gasteiger partial charge in [-0.25, -0.2) is 4.79 Å². The van der Waals surface area contributed by atoms with Gasteiger partial charge in [-0.2, -0.15) is 0 Å². The van der Waals surface area contributed by atoms with Crippen LogP contribution in [0.15, 0.2) is 54.6 Å². The van der Waals surface area contributed by atoms with Crippen molar-refractivity contribution in [1.29, 1.82) is 0 Å². The zero-order valence-electron chi connectivity index (χ0n) is 14.6. The molecule has 2 aromatic rings. The number of para-hydroxylation sites is 1. The molecule has 0 spiro atoms. The number of allylic oxidation sites excluding steroid dienone is 2. The molecule has 3 atom stereocenters. The Morgan fingerprint density at radius 3 is 2.60 bits per heavy atom. The van der Waals surface area contributed by atoms with Gasteiger partial charge in [0.15, 0.2) is 0 Å². The summed E-state index contributed by atoms with van der Waals surface area (Å²) in [6, 6.07) is 14.2. The Kier molecular flexibility index (Phi) is 3.87. The van der Waals surface area contributed by atoms with Crippen LogP contribution in [-0.4, -0.2) is 11.1 Å². The second-order valence-corrected chi connectivity index (χ2v) is 7.37. The summed E-state index contributed by atoms with van der Waals surface area (Å²) in [5, 5.41) is 12.9. The van der Waals surface area contributed by atoms with Gasteiger partial charge in [-0.15, -0.1) is 0 Å². The highest BCUT2D eigenvalue weighted by atomic mass is 16.4. The van der Waals surface area contributed by atoms with Crippen LogP contribution in [0.3, 0.4) is 0 Å². The maximum Gasteiger partial charge on any atom is 0.335 e. The first kappa shape index (κ1) is 15.9. The second kappa shape index (κ2) is 6.07. The lowest BCUT2D eigenvalue weighted by molar-refractivity contribution is 0.0697. The Morgan fingerprint density at radius 2 is 1.92 bits per heavy atom. The largest absolute Gasteiger partial charge is 0.478 e. The molecule has 4 rings (SSSR count). The lowest BCUT2D eigenvalue weighted by Gasteiger charge is -2.39. The number of hydrogen-bond donors (Lipinski definition) is 2. The van der Waals surface area contributed by atoms with E-state index < -0.39 is 5.97 Å². The number of nitrogens with one attached hydrogen (secondary N) is 1. The number of carboxylic acids is 1. The highest BCUT2D eigenvalue weighted by Crippen LogP contribution is 2.51. The number of carboxylic acid groups (broad SMARTS) is 1. The van der Waals surface area contributed by atoms with Crippen LogP contribution in [0.4, 0.5) is 5.69 Å². The molecule has 0 fully saturated rings. The molecule has 1 aliphatic heterocycles. The van der Waals surface area contributed by atoms with E-state index in [-0.39, 0.29) is 6.04 Å². The first-order valence-electron chi connectivity index (χ1n) is 8.95. The Labute approximate surface area is 148 Å². The van der Waals surface area contributed by atoms with Gasteiger partial charge in [-0.05, 0) is 47.1 Å². The normalized spacial score (nSPS) is 23.9. The van der Waals surface area contributed by atoms with Crippen molar-refractivity contribution in [3.63, 3.8) is 0 Å². The van der Waals surface area contributed by atoms with Gasteiger partial charge in [0.05, 0.1) is 11.6 Å². The van der Waals surface area contributed by atoms with E-state index in [1.165, 1.54) is 16.8 Å². The number of anilines is 1. The number of benzene rings is 2. The third kappa shape index (κ3) is 2.64. The summed E-state index contributed by atoms with van der Waals surface area (Å²) in [5.74, 6) is 0.486. The molecule has 0 saturated carbocycles. The van der Waals surface area contributed by atoms with E-state index in [4.69, 9.17) is 5.11 Å². The summed E-state index contributed by atoms with van der Waals surface area (Å²) in [4.78, 5) is 11.1. The van der Waals surface area contributed by atoms with Gasteiger partial charge in [0, 0.05) is 11.6 Å². The lowest BCUT2D eigenvalue weighted by Crippen LogP contribution is -2.30. The van der Waals surface area contributed by atoms with Crippen molar-refractivity contribution in [1.82, 2.24) is 0 Å². The van der Waals surface area contributed by atoms with Crippen LogP contribution in [0.25, 0.3) is 0 Å². The molecule has 0 amide bonds. The number of hydrogen-bond acceptors (Lipinski definition) is 2. The zero-order chi connectivity index (χ0) is 17.6. The van der Waals surface area contributed by atoms with E-state index in [2.05, 4.69) is 49.5 Å². The molecule has 3 heteroatoms. The van der Waals surface area contributed by atoms with Crippen molar-refractivity contribution < 1.29 is 9.90 Å². The average molecular weight is 333 g/mol. The van der Waals surface area contributed by atoms with Crippen LogP contribution in [0.5, 0.6) is 0 Å². The summed E-state index contributed by atoms with van der Waals surface area (Å²) in [5.41, 5.74) is 5.50. The number of rotatable bonds is 3. The molecule has 2 N–H and O–H groups in total. The van der Waals surface area contributed by atoms with Crippen LogP contribution in [0.2, 0.25) is 0 Å². The van der Waals surface area contributed by atoms with E-state index in [0.717, 1.165) is 12.0 Å². The second-order valence-electron chi connectivity index (χ2n) is 7.37. The Hall–Kier alpha value is -2.55. The van der Waals surface area contributed by atoms with Crippen molar-refractivity contribution in [3.8, 4) is 0 Å². The Morgan fingerprint density at radius 1 is 1.16 bits per heavy atom. The number of fused-ring (bicyclic) bond motifs is 3. The van der Waals surface area contributed by atoms with Gasteiger partial charge in [0.25, 0.3) is 0 Å². The summed E-state index contributed by atoms with van der Waals surface area (Å²) in [7, 11) is 0. The monoisotopic (exact) mass is 333 g/mol. The molecular formula is C22H23NO2. The van der Waals surface area contributed by atoms with Crippen LogP contribution in [-0.2, 0) is 0 Å². The molecule has 0 aromatic heterocycles. The first-order valence-corrected chi connectivity index (χ1v) is 8.95. The predicted molar refractivity (Wildman–Crippen MR) is 100 cm³/mol. The van der Waals surface area contributed by atoms with Crippen LogP contribution in [0.1, 0.15) is 65.2 Å². The molecule has 128 valence electrons. The van der Waals surface area contributed by atoms with E-state index in [9.17, 15) is 4.79 Å². The van der Waals surface area contributed by atoms with Crippen molar-refractivity contribution in [2.45, 2.75) is 38.1 Å². The van der Waals surface area contributed by atoms with E-state index in [0.29, 0.717) is 23.3 Å².